The van der Waals surface area contributed by atoms with Gasteiger partial charge in [-0.15, -0.1) is 24.0 Å². The van der Waals surface area contributed by atoms with Crippen LogP contribution in [-0.2, 0) is 0 Å². The van der Waals surface area contributed by atoms with E-state index >= 15 is 0 Å². The molecule has 0 aromatic heterocycles. The molecule has 0 aromatic carbocycles. The molecule has 0 aliphatic carbocycles. The minimum absolute atomic E-state index is 0. The number of hydrogen-bond donors (Lipinski definition) is 1. The highest BCUT2D eigenvalue weighted by Gasteiger charge is 1.90. The molecule has 0 fully saturated rings. The Morgan fingerprint density at radius 2 is 2.14 bits per heavy atom. The zero-order valence-corrected chi connectivity index (χ0v) is 5.93. The summed E-state index contributed by atoms with van der Waals surface area (Å²) in [6.07, 6.45) is 0.976. The molecule has 46 valence electrons. The Bertz CT molecular complexity index is 28.9. The topological polar surface area (TPSA) is 26.0 Å². The van der Waals surface area contributed by atoms with Crippen molar-refractivity contribution in [3.63, 3.8) is 0 Å². The average Bonchev–Trinajstić information content (AvgIpc) is 1.65. The first-order valence-corrected chi connectivity index (χ1v) is 2.66. The maximum atomic E-state index is 5.34. The van der Waals surface area contributed by atoms with Crippen LogP contribution < -0.4 is 5.73 Å². The van der Waals surface area contributed by atoms with Crippen LogP contribution in [0.25, 0.3) is 0 Å². The molecule has 0 aliphatic rings. The van der Waals surface area contributed by atoms with Crippen LogP contribution in [-0.4, -0.2) is 11.9 Å². The number of rotatable bonds is 2. The van der Waals surface area contributed by atoms with Crippen molar-refractivity contribution in [2.24, 2.45) is 5.73 Å². The molecule has 7 heavy (non-hydrogen) atoms. The van der Waals surface area contributed by atoms with Gasteiger partial charge in [0.2, 0.25) is 0 Å². The van der Waals surface area contributed by atoms with E-state index < -0.39 is 0 Å². The number of halogens is 2. The van der Waals surface area contributed by atoms with Crippen LogP contribution in [0.1, 0.15) is 13.3 Å². The summed E-state index contributed by atoms with van der Waals surface area (Å²) < 4.78 is 0. The first kappa shape index (κ1) is 10.5. The first-order valence-electron chi connectivity index (χ1n) is 2.12. The Balaban J connectivity index is 0. The molecule has 0 aliphatic heterocycles. The second-order valence-electron chi connectivity index (χ2n) is 1.32. The monoisotopic (exact) mass is 143 g/mol. The van der Waals surface area contributed by atoms with Gasteiger partial charge in [0.25, 0.3) is 0 Å². The van der Waals surface area contributed by atoms with Crippen molar-refractivity contribution in [3.8, 4) is 0 Å². The molecule has 2 N–H and O–H groups in total. The van der Waals surface area contributed by atoms with Crippen LogP contribution in [0, 0.1) is 0 Å². The SMILES string of the molecule is CCC(N)CCl.Cl. The summed E-state index contributed by atoms with van der Waals surface area (Å²) in [6, 6.07) is 0.201. The van der Waals surface area contributed by atoms with Crippen LogP contribution in [0.5, 0.6) is 0 Å². The Morgan fingerprint density at radius 3 is 2.14 bits per heavy atom. The fraction of sp³-hybridized carbons (Fsp3) is 1.00. The third-order valence-corrected chi connectivity index (χ3v) is 1.12. The molecule has 3 heteroatoms. The van der Waals surface area contributed by atoms with Gasteiger partial charge < -0.3 is 5.73 Å². The lowest BCUT2D eigenvalue weighted by molar-refractivity contribution is 0.721. The Labute approximate surface area is 55.6 Å². The maximum Gasteiger partial charge on any atom is 0.0375 e. The summed E-state index contributed by atoms with van der Waals surface area (Å²) in [5, 5.41) is 0. The average molecular weight is 144 g/mol. The van der Waals surface area contributed by atoms with Crippen molar-refractivity contribution >= 4 is 24.0 Å². The normalized spacial score (nSPS) is 12.4. The third kappa shape index (κ3) is 6.54. The molecule has 1 nitrogen and oxygen atoms in total. The van der Waals surface area contributed by atoms with Crippen molar-refractivity contribution in [1.82, 2.24) is 0 Å². The summed E-state index contributed by atoms with van der Waals surface area (Å²) >= 11 is 5.33. The minimum atomic E-state index is 0. The van der Waals surface area contributed by atoms with Crippen molar-refractivity contribution in [2.75, 3.05) is 5.88 Å². The molecule has 0 amide bonds. The summed E-state index contributed by atoms with van der Waals surface area (Å²) in [5.41, 5.74) is 5.34. The third-order valence-electron chi connectivity index (χ3n) is 0.723. The second kappa shape index (κ2) is 6.54. The summed E-state index contributed by atoms with van der Waals surface area (Å²) in [4.78, 5) is 0. The van der Waals surface area contributed by atoms with Gasteiger partial charge in [-0.05, 0) is 6.42 Å². The predicted octanol–water partition coefficient (Wildman–Crippen LogP) is 1.38. The van der Waals surface area contributed by atoms with Gasteiger partial charge >= 0.3 is 0 Å². The summed E-state index contributed by atoms with van der Waals surface area (Å²) in [5.74, 6) is 0.580. The van der Waals surface area contributed by atoms with Gasteiger partial charge in [-0.2, -0.15) is 0 Å². The van der Waals surface area contributed by atoms with E-state index in [1.54, 1.807) is 0 Å². The van der Waals surface area contributed by atoms with E-state index in [-0.39, 0.29) is 18.4 Å². The Hall–Kier alpha value is 0.540. The smallest absolute Gasteiger partial charge is 0.0375 e. The molecule has 1 atom stereocenters. The summed E-state index contributed by atoms with van der Waals surface area (Å²) in [7, 11) is 0. The van der Waals surface area contributed by atoms with Crippen molar-refractivity contribution in [1.29, 1.82) is 0 Å². The van der Waals surface area contributed by atoms with E-state index in [0.29, 0.717) is 5.88 Å². The van der Waals surface area contributed by atoms with E-state index in [2.05, 4.69) is 0 Å². The van der Waals surface area contributed by atoms with Crippen molar-refractivity contribution < 1.29 is 0 Å². The molecule has 0 bridgehead atoms. The molecule has 0 saturated carbocycles. The molecule has 0 saturated heterocycles. The van der Waals surface area contributed by atoms with Crippen LogP contribution in [0.3, 0.4) is 0 Å². The quantitative estimate of drug-likeness (QED) is 0.582. The van der Waals surface area contributed by atoms with Gasteiger partial charge in [-0.1, -0.05) is 6.92 Å². The lowest BCUT2D eigenvalue weighted by Crippen LogP contribution is -2.19. The minimum Gasteiger partial charge on any atom is -0.327 e. The van der Waals surface area contributed by atoms with E-state index in [0.717, 1.165) is 6.42 Å². The molecule has 0 heterocycles. The number of hydrogen-bond acceptors (Lipinski definition) is 1. The van der Waals surface area contributed by atoms with Crippen molar-refractivity contribution in [2.45, 2.75) is 19.4 Å². The molecule has 0 rings (SSSR count). The highest BCUT2D eigenvalue weighted by Crippen LogP contribution is 1.86. The predicted molar refractivity (Wildman–Crippen MR) is 36.2 cm³/mol. The lowest BCUT2D eigenvalue weighted by atomic mass is 10.3. The largest absolute Gasteiger partial charge is 0.327 e. The molecular weight excluding hydrogens is 133 g/mol. The zero-order valence-electron chi connectivity index (χ0n) is 4.36. The van der Waals surface area contributed by atoms with Gasteiger partial charge in [-0.3, -0.25) is 0 Å². The maximum absolute atomic E-state index is 5.34. The summed E-state index contributed by atoms with van der Waals surface area (Å²) in [6.45, 7) is 2.02. The Kier molecular flexibility index (Phi) is 9.82. The lowest BCUT2D eigenvalue weighted by Gasteiger charge is -1.97. The van der Waals surface area contributed by atoms with Crippen LogP contribution >= 0.6 is 24.0 Å². The van der Waals surface area contributed by atoms with Gasteiger partial charge in [-0.25, -0.2) is 0 Å². The highest BCUT2D eigenvalue weighted by atomic mass is 35.5. The first-order chi connectivity index (χ1) is 2.81. The van der Waals surface area contributed by atoms with E-state index in [1.165, 1.54) is 0 Å². The standard InChI is InChI=1S/C4H10ClN.ClH/c1-2-4(6)3-5;/h4H,2-3,6H2,1H3;1H. The molecule has 0 spiro atoms. The van der Waals surface area contributed by atoms with Gasteiger partial charge in [0.1, 0.15) is 0 Å². The van der Waals surface area contributed by atoms with Crippen molar-refractivity contribution in [3.05, 3.63) is 0 Å². The zero-order chi connectivity index (χ0) is 4.99. The fourth-order valence-electron chi connectivity index (χ4n) is 0.109. The fourth-order valence-corrected chi connectivity index (χ4v) is 0.327. The highest BCUT2D eigenvalue weighted by molar-refractivity contribution is 6.18. The number of nitrogens with two attached hydrogens (primary N) is 1. The van der Waals surface area contributed by atoms with E-state index in [9.17, 15) is 0 Å². The van der Waals surface area contributed by atoms with Crippen LogP contribution in [0.15, 0.2) is 0 Å². The van der Waals surface area contributed by atoms with E-state index in [4.69, 9.17) is 17.3 Å². The van der Waals surface area contributed by atoms with Crippen LogP contribution in [0.4, 0.5) is 0 Å². The van der Waals surface area contributed by atoms with Gasteiger partial charge in [0.15, 0.2) is 0 Å². The number of alkyl halides is 1. The molecule has 0 radical (unpaired) electrons. The Morgan fingerprint density at radius 1 is 1.71 bits per heavy atom. The second-order valence-corrected chi connectivity index (χ2v) is 1.63. The van der Waals surface area contributed by atoms with Gasteiger partial charge in [0, 0.05) is 11.9 Å². The van der Waals surface area contributed by atoms with Gasteiger partial charge in [0.05, 0.1) is 0 Å². The van der Waals surface area contributed by atoms with Crippen LogP contribution in [0.2, 0.25) is 0 Å². The molecule has 0 aromatic rings. The van der Waals surface area contributed by atoms with E-state index in [1.807, 2.05) is 6.92 Å². The molecular formula is C4H11Cl2N. The molecule has 1 unspecified atom stereocenters.